The number of rotatable bonds is 3. The highest BCUT2D eigenvalue weighted by Gasteiger charge is 2.16. The lowest BCUT2D eigenvalue weighted by Gasteiger charge is -2.08. The van der Waals surface area contributed by atoms with Crippen LogP contribution in [0.2, 0.25) is 0 Å². The highest BCUT2D eigenvalue weighted by atomic mass is 32.2. The van der Waals surface area contributed by atoms with Crippen LogP contribution in [0.5, 0.6) is 0 Å². The van der Waals surface area contributed by atoms with Gasteiger partial charge in [-0.25, -0.2) is 8.78 Å². The molecule has 12 heteroatoms. The Kier molecular flexibility index (Phi) is 7.47. The first kappa shape index (κ1) is 25.3. The van der Waals surface area contributed by atoms with Gasteiger partial charge in [-0.3, -0.25) is 25.0 Å². The van der Waals surface area contributed by atoms with Crippen molar-refractivity contribution in [2.45, 2.75) is 11.8 Å². The van der Waals surface area contributed by atoms with Gasteiger partial charge in [-0.1, -0.05) is 29.8 Å². The number of aromatic nitrogens is 1. The number of hydrogen-bond donors (Lipinski definition) is 5. The molecule has 4 rings (SSSR count). The lowest BCUT2D eigenvalue weighted by atomic mass is 10.1. The van der Waals surface area contributed by atoms with E-state index in [0.717, 1.165) is 16.5 Å². The van der Waals surface area contributed by atoms with E-state index in [1.54, 1.807) is 24.3 Å². The van der Waals surface area contributed by atoms with E-state index in [9.17, 15) is 26.8 Å². The van der Waals surface area contributed by atoms with Crippen LogP contribution in [0.25, 0.3) is 10.9 Å². The number of benzene rings is 3. The fourth-order valence-corrected chi connectivity index (χ4v) is 3.47. The van der Waals surface area contributed by atoms with Crippen LogP contribution in [0, 0.1) is 18.6 Å². The number of carbonyl (C=O) groups excluding carboxylic acids is 2. The Morgan fingerprint density at radius 1 is 0.914 bits per heavy atom. The fraction of sp³-hybridized carbons (Fsp3) is 0.0435. The normalized spacial score (nSPS) is 10.9. The Bertz CT molecular complexity index is 1510. The quantitative estimate of drug-likeness (QED) is 0.164. The molecule has 0 unspecified atom stereocenters. The number of fused-ring (bicyclic) bond motifs is 1. The molecule has 0 saturated heterocycles. The molecule has 2 amide bonds. The molecule has 0 bridgehead atoms. The number of carbonyl (C=O) groups is 2. The monoisotopic (exact) mass is 502 g/mol. The van der Waals surface area contributed by atoms with Gasteiger partial charge in [0.15, 0.2) is 11.6 Å². The molecular weight excluding hydrogens is 482 g/mol. The van der Waals surface area contributed by atoms with E-state index < -0.39 is 33.6 Å². The number of nitrogens with two attached hydrogens (primary N) is 1. The van der Waals surface area contributed by atoms with Crippen LogP contribution < -0.4 is 16.6 Å². The van der Waals surface area contributed by atoms with Crippen LogP contribution in [-0.4, -0.2) is 29.8 Å². The van der Waals surface area contributed by atoms with Crippen LogP contribution in [0.3, 0.4) is 0 Å². The third kappa shape index (κ3) is 6.40. The second-order valence-electron chi connectivity index (χ2n) is 7.32. The lowest BCUT2D eigenvalue weighted by Crippen LogP contribution is -2.42. The summed E-state index contributed by atoms with van der Waals surface area (Å²) in [6.45, 7) is 1.93. The van der Waals surface area contributed by atoms with Gasteiger partial charge in [0, 0.05) is 22.7 Å². The SMILES string of the molecule is Cc1ccc2[nH]c(C(=O)NNC(=O)c3cc(F)c(F)cc3N)cc2c1.O=S(=O)(O)c1ccccc1. The average Bonchev–Trinajstić information content (AvgIpc) is 3.23. The highest BCUT2D eigenvalue weighted by molar-refractivity contribution is 7.85. The molecule has 35 heavy (non-hydrogen) atoms. The molecule has 1 aromatic heterocycles. The van der Waals surface area contributed by atoms with Gasteiger partial charge in [-0.2, -0.15) is 8.42 Å². The van der Waals surface area contributed by atoms with Crippen molar-refractivity contribution in [1.82, 2.24) is 15.8 Å². The minimum absolute atomic E-state index is 0.0741. The average molecular weight is 502 g/mol. The van der Waals surface area contributed by atoms with Crippen molar-refractivity contribution < 1.29 is 31.3 Å². The smallest absolute Gasteiger partial charge is 0.294 e. The molecule has 0 atom stereocenters. The third-order valence-electron chi connectivity index (χ3n) is 4.69. The Balaban J connectivity index is 0.000000287. The van der Waals surface area contributed by atoms with Gasteiger partial charge in [0.1, 0.15) is 5.69 Å². The van der Waals surface area contributed by atoms with E-state index in [-0.39, 0.29) is 21.8 Å². The summed E-state index contributed by atoms with van der Waals surface area (Å²) in [5, 5.41) is 0.848. The van der Waals surface area contributed by atoms with Crippen molar-refractivity contribution in [1.29, 1.82) is 0 Å². The van der Waals surface area contributed by atoms with Gasteiger partial charge in [0.25, 0.3) is 21.9 Å². The second kappa shape index (κ2) is 10.3. The van der Waals surface area contributed by atoms with E-state index in [4.69, 9.17) is 10.3 Å². The van der Waals surface area contributed by atoms with Crippen LogP contribution in [0.4, 0.5) is 14.5 Å². The van der Waals surface area contributed by atoms with Gasteiger partial charge >= 0.3 is 0 Å². The first-order valence-electron chi connectivity index (χ1n) is 9.93. The first-order valence-corrected chi connectivity index (χ1v) is 11.4. The summed E-state index contributed by atoms with van der Waals surface area (Å²) in [4.78, 5) is 26.9. The largest absolute Gasteiger partial charge is 0.398 e. The number of halogens is 2. The standard InChI is InChI=1S/C17H14F2N4O2.C6H6O3S/c1-8-2-3-14-9(4-8)5-15(21-14)17(25)23-22-16(24)10-6-11(18)12(19)7-13(10)20;7-10(8,9)6-4-2-1-3-5-6/h2-7,21H,20H2,1H3,(H,22,24)(H,23,25);1-5H,(H,7,8,9). The summed E-state index contributed by atoms with van der Waals surface area (Å²) in [5.41, 5.74) is 11.3. The first-order chi connectivity index (χ1) is 16.5. The van der Waals surface area contributed by atoms with Crippen molar-refractivity contribution in [2.75, 3.05) is 5.73 Å². The predicted molar refractivity (Wildman–Crippen MR) is 125 cm³/mol. The molecule has 0 saturated carbocycles. The number of aromatic amines is 1. The van der Waals surface area contributed by atoms with Crippen molar-refractivity contribution in [3.05, 3.63) is 95.2 Å². The molecule has 4 aromatic rings. The molecule has 1 heterocycles. The maximum Gasteiger partial charge on any atom is 0.294 e. The molecule has 0 fully saturated rings. The van der Waals surface area contributed by atoms with Gasteiger partial charge in [-0.05, 0) is 43.3 Å². The molecule has 0 radical (unpaired) electrons. The van der Waals surface area contributed by atoms with Gasteiger partial charge < -0.3 is 10.7 Å². The molecule has 6 N–H and O–H groups in total. The number of amides is 2. The Morgan fingerprint density at radius 2 is 1.54 bits per heavy atom. The fourth-order valence-electron chi connectivity index (χ4n) is 2.97. The zero-order valence-corrected chi connectivity index (χ0v) is 19.0. The highest BCUT2D eigenvalue weighted by Crippen LogP contribution is 2.18. The maximum atomic E-state index is 13.2. The molecule has 0 aliphatic rings. The molecule has 9 nitrogen and oxygen atoms in total. The molecule has 182 valence electrons. The summed E-state index contributed by atoms with van der Waals surface area (Å²) in [6, 6.07) is 16.1. The van der Waals surface area contributed by atoms with Crippen LogP contribution >= 0.6 is 0 Å². The van der Waals surface area contributed by atoms with Crippen LogP contribution in [0.15, 0.2) is 71.6 Å². The number of nitrogens with one attached hydrogen (secondary N) is 3. The number of hydrazine groups is 1. The van der Waals surface area contributed by atoms with E-state index in [0.29, 0.717) is 12.1 Å². The van der Waals surface area contributed by atoms with E-state index >= 15 is 0 Å². The summed E-state index contributed by atoms with van der Waals surface area (Å²) in [7, 11) is -4.00. The van der Waals surface area contributed by atoms with E-state index in [1.165, 1.54) is 12.1 Å². The summed E-state index contributed by atoms with van der Waals surface area (Å²) in [5.74, 6) is -3.83. The maximum absolute atomic E-state index is 13.2. The number of anilines is 1. The minimum atomic E-state index is -4.00. The van der Waals surface area contributed by atoms with E-state index in [1.807, 2.05) is 25.1 Å². The third-order valence-corrected chi connectivity index (χ3v) is 5.56. The Labute approximate surface area is 198 Å². The lowest BCUT2D eigenvalue weighted by molar-refractivity contribution is 0.0844. The Hall–Kier alpha value is -4.29. The van der Waals surface area contributed by atoms with Crippen molar-refractivity contribution in [2.24, 2.45) is 0 Å². The summed E-state index contributed by atoms with van der Waals surface area (Å²) < 4.78 is 55.5. The topological polar surface area (TPSA) is 154 Å². The second-order valence-corrected chi connectivity index (χ2v) is 8.75. The molecule has 0 aliphatic heterocycles. The van der Waals surface area contributed by atoms with Gasteiger partial charge in [0.2, 0.25) is 0 Å². The minimum Gasteiger partial charge on any atom is -0.398 e. The Morgan fingerprint density at radius 3 is 2.17 bits per heavy atom. The number of aryl methyl sites for hydroxylation is 1. The van der Waals surface area contributed by atoms with Gasteiger partial charge in [-0.15, -0.1) is 0 Å². The number of nitrogen functional groups attached to an aromatic ring is 1. The van der Waals surface area contributed by atoms with Crippen LogP contribution in [0.1, 0.15) is 26.4 Å². The molecular formula is C23H20F2N4O5S. The number of hydrogen-bond acceptors (Lipinski definition) is 5. The van der Waals surface area contributed by atoms with Gasteiger partial charge in [0.05, 0.1) is 10.5 Å². The molecule has 3 aromatic carbocycles. The predicted octanol–water partition coefficient (Wildman–Crippen LogP) is 3.34. The van der Waals surface area contributed by atoms with Crippen molar-refractivity contribution >= 4 is 38.5 Å². The number of H-pyrrole nitrogens is 1. The van der Waals surface area contributed by atoms with E-state index in [2.05, 4.69) is 15.8 Å². The van der Waals surface area contributed by atoms with Crippen molar-refractivity contribution in [3.8, 4) is 0 Å². The zero-order chi connectivity index (χ0) is 25.8. The molecule has 0 spiro atoms. The van der Waals surface area contributed by atoms with Crippen LogP contribution in [-0.2, 0) is 10.1 Å². The summed E-state index contributed by atoms with van der Waals surface area (Å²) in [6.07, 6.45) is 0. The van der Waals surface area contributed by atoms with Crippen molar-refractivity contribution in [3.63, 3.8) is 0 Å². The summed E-state index contributed by atoms with van der Waals surface area (Å²) >= 11 is 0. The molecule has 0 aliphatic carbocycles. The zero-order valence-electron chi connectivity index (χ0n) is 18.2.